The van der Waals surface area contributed by atoms with Gasteiger partial charge in [0.1, 0.15) is 0 Å². The third-order valence-electron chi connectivity index (χ3n) is 5.54. The highest BCUT2D eigenvalue weighted by atomic mass is 19.1. The van der Waals surface area contributed by atoms with E-state index in [2.05, 4.69) is 47.9 Å². The SMILES string of the molecule is CC1(C)CCc2cc(F)c(N3CCN(c4ccccc4)CC3)nc2C1. The van der Waals surface area contributed by atoms with Crippen LogP contribution in [-0.4, -0.2) is 31.2 Å². The number of para-hydroxylation sites is 1. The van der Waals surface area contributed by atoms with E-state index in [1.54, 1.807) is 6.07 Å². The fraction of sp³-hybridized carbons (Fsp3) is 0.476. The molecule has 3 nitrogen and oxygen atoms in total. The van der Waals surface area contributed by atoms with Crippen LogP contribution in [-0.2, 0) is 12.8 Å². The second-order valence-electron chi connectivity index (χ2n) is 8.05. The first-order valence-corrected chi connectivity index (χ1v) is 9.25. The highest BCUT2D eigenvalue weighted by molar-refractivity contribution is 5.50. The summed E-state index contributed by atoms with van der Waals surface area (Å²) in [5.41, 5.74) is 3.70. The van der Waals surface area contributed by atoms with Crippen LogP contribution in [0.5, 0.6) is 0 Å². The Kier molecular flexibility index (Phi) is 4.14. The van der Waals surface area contributed by atoms with Gasteiger partial charge in [-0.3, -0.25) is 0 Å². The van der Waals surface area contributed by atoms with E-state index in [4.69, 9.17) is 4.98 Å². The van der Waals surface area contributed by atoms with Crippen molar-refractivity contribution in [2.75, 3.05) is 36.0 Å². The molecule has 0 saturated carbocycles. The molecule has 1 aliphatic carbocycles. The number of fused-ring (bicyclic) bond motifs is 1. The van der Waals surface area contributed by atoms with Crippen molar-refractivity contribution >= 4 is 11.5 Å². The second-order valence-corrected chi connectivity index (χ2v) is 8.05. The maximum atomic E-state index is 14.7. The van der Waals surface area contributed by atoms with Gasteiger partial charge in [0, 0.05) is 37.6 Å². The van der Waals surface area contributed by atoms with Gasteiger partial charge in [-0.15, -0.1) is 0 Å². The van der Waals surface area contributed by atoms with E-state index in [0.717, 1.165) is 56.7 Å². The Morgan fingerprint density at radius 1 is 1.00 bits per heavy atom. The number of hydrogen-bond acceptors (Lipinski definition) is 3. The molecule has 0 bridgehead atoms. The molecule has 0 spiro atoms. The average Bonchev–Trinajstić information content (AvgIpc) is 2.62. The highest BCUT2D eigenvalue weighted by Crippen LogP contribution is 2.35. The van der Waals surface area contributed by atoms with Crippen LogP contribution in [0.2, 0.25) is 0 Å². The lowest BCUT2D eigenvalue weighted by Crippen LogP contribution is -2.47. The molecule has 2 aliphatic rings. The first-order valence-electron chi connectivity index (χ1n) is 9.25. The molecule has 1 aromatic carbocycles. The number of anilines is 2. The summed E-state index contributed by atoms with van der Waals surface area (Å²) in [4.78, 5) is 9.23. The van der Waals surface area contributed by atoms with Crippen LogP contribution in [0.25, 0.3) is 0 Å². The van der Waals surface area contributed by atoms with Gasteiger partial charge in [0.15, 0.2) is 11.6 Å². The summed E-state index contributed by atoms with van der Waals surface area (Å²) >= 11 is 0. The summed E-state index contributed by atoms with van der Waals surface area (Å²) < 4.78 is 14.7. The topological polar surface area (TPSA) is 19.4 Å². The molecule has 0 N–H and O–H groups in total. The van der Waals surface area contributed by atoms with Crippen molar-refractivity contribution in [1.82, 2.24) is 4.98 Å². The van der Waals surface area contributed by atoms with E-state index >= 15 is 0 Å². The van der Waals surface area contributed by atoms with Gasteiger partial charge in [0.05, 0.1) is 0 Å². The van der Waals surface area contributed by atoms with E-state index in [9.17, 15) is 4.39 Å². The fourth-order valence-electron chi connectivity index (χ4n) is 3.98. The van der Waals surface area contributed by atoms with Gasteiger partial charge in [-0.2, -0.15) is 0 Å². The van der Waals surface area contributed by atoms with E-state index in [1.165, 1.54) is 5.69 Å². The molecule has 1 aromatic heterocycles. The van der Waals surface area contributed by atoms with E-state index in [0.29, 0.717) is 5.82 Å². The van der Waals surface area contributed by atoms with Crippen molar-refractivity contribution in [3.63, 3.8) is 0 Å². The van der Waals surface area contributed by atoms with Crippen molar-refractivity contribution in [3.8, 4) is 0 Å². The number of halogens is 1. The van der Waals surface area contributed by atoms with Crippen LogP contribution >= 0.6 is 0 Å². The molecule has 0 radical (unpaired) electrons. The standard InChI is InChI=1S/C21H26FN3/c1-21(2)9-8-16-14-18(22)20(23-19(16)15-21)25-12-10-24(11-13-25)17-6-4-3-5-7-17/h3-7,14H,8-13,15H2,1-2H3. The Hall–Kier alpha value is -2.10. The quantitative estimate of drug-likeness (QED) is 0.822. The Bertz CT molecular complexity index is 749. The van der Waals surface area contributed by atoms with Crippen LogP contribution in [0.1, 0.15) is 31.5 Å². The third kappa shape index (κ3) is 3.35. The number of hydrogen-bond donors (Lipinski definition) is 0. The molecule has 132 valence electrons. The van der Waals surface area contributed by atoms with Crippen molar-refractivity contribution in [3.05, 3.63) is 53.5 Å². The fourth-order valence-corrected chi connectivity index (χ4v) is 3.98. The minimum Gasteiger partial charge on any atom is -0.368 e. The van der Waals surface area contributed by atoms with Crippen molar-refractivity contribution < 1.29 is 4.39 Å². The lowest BCUT2D eigenvalue weighted by atomic mass is 9.76. The van der Waals surface area contributed by atoms with Crippen molar-refractivity contribution in [2.24, 2.45) is 5.41 Å². The molecule has 4 rings (SSSR count). The van der Waals surface area contributed by atoms with E-state index in [1.807, 2.05) is 6.07 Å². The first-order chi connectivity index (χ1) is 12.0. The summed E-state index contributed by atoms with van der Waals surface area (Å²) in [5, 5.41) is 0. The van der Waals surface area contributed by atoms with Crippen LogP contribution in [0.4, 0.5) is 15.9 Å². The highest BCUT2D eigenvalue weighted by Gasteiger charge is 2.29. The predicted molar refractivity (Wildman–Crippen MR) is 101 cm³/mol. The molecule has 2 heterocycles. The molecule has 25 heavy (non-hydrogen) atoms. The smallest absolute Gasteiger partial charge is 0.165 e. The van der Waals surface area contributed by atoms with Crippen molar-refractivity contribution in [1.29, 1.82) is 0 Å². The molecule has 1 aliphatic heterocycles. The number of rotatable bonds is 2. The first kappa shape index (κ1) is 16.4. The minimum atomic E-state index is -0.161. The Morgan fingerprint density at radius 2 is 1.68 bits per heavy atom. The van der Waals surface area contributed by atoms with Crippen LogP contribution in [0.15, 0.2) is 36.4 Å². The molecule has 0 unspecified atom stereocenters. The van der Waals surface area contributed by atoms with Crippen LogP contribution in [0.3, 0.4) is 0 Å². The maximum Gasteiger partial charge on any atom is 0.165 e. The summed E-state index contributed by atoms with van der Waals surface area (Å²) in [6.07, 6.45) is 2.99. The zero-order valence-electron chi connectivity index (χ0n) is 15.1. The zero-order chi connectivity index (χ0) is 17.4. The number of piperazine rings is 1. The summed E-state index contributed by atoms with van der Waals surface area (Å²) in [6.45, 7) is 7.96. The monoisotopic (exact) mass is 339 g/mol. The average molecular weight is 339 g/mol. The number of aromatic nitrogens is 1. The van der Waals surface area contributed by atoms with E-state index < -0.39 is 0 Å². The van der Waals surface area contributed by atoms with Gasteiger partial charge in [-0.25, -0.2) is 9.37 Å². The van der Waals surface area contributed by atoms with Gasteiger partial charge in [-0.05, 0) is 48.4 Å². The molecule has 4 heteroatoms. The molecule has 1 saturated heterocycles. The number of benzene rings is 1. The Labute approximate surface area is 149 Å². The largest absolute Gasteiger partial charge is 0.368 e. The third-order valence-corrected chi connectivity index (χ3v) is 5.54. The summed E-state index contributed by atoms with van der Waals surface area (Å²) in [5.74, 6) is 0.385. The number of aryl methyl sites for hydroxylation is 1. The van der Waals surface area contributed by atoms with Crippen LogP contribution < -0.4 is 9.80 Å². The van der Waals surface area contributed by atoms with Gasteiger partial charge < -0.3 is 9.80 Å². The van der Waals surface area contributed by atoms with Gasteiger partial charge >= 0.3 is 0 Å². The Morgan fingerprint density at radius 3 is 2.40 bits per heavy atom. The molecule has 0 atom stereocenters. The lowest BCUT2D eigenvalue weighted by molar-refractivity contribution is 0.309. The molecule has 2 aromatic rings. The summed E-state index contributed by atoms with van der Waals surface area (Å²) in [6, 6.07) is 12.2. The van der Waals surface area contributed by atoms with Gasteiger partial charge in [0.2, 0.25) is 0 Å². The van der Waals surface area contributed by atoms with E-state index in [-0.39, 0.29) is 11.2 Å². The molecule has 0 amide bonds. The lowest BCUT2D eigenvalue weighted by Gasteiger charge is -2.37. The predicted octanol–water partition coefficient (Wildman–Crippen LogP) is 4.06. The van der Waals surface area contributed by atoms with Crippen LogP contribution in [0, 0.1) is 11.2 Å². The second kappa shape index (κ2) is 6.32. The van der Waals surface area contributed by atoms with Crippen molar-refractivity contribution in [2.45, 2.75) is 33.1 Å². The Balaban J connectivity index is 1.52. The zero-order valence-corrected chi connectivity index (χ0v) is 15.1. The molecular formula is C21H26FN3. The maximum absolute atomic E-state index is 14.7. The molecule has 1 fully saturated rings. The number of pyridine rings is 1. The van der Waals surface area contributed by atoms with Gasteiger partial charge in [-0.1, -0.05) is 32.0 Å². The van der Waals surface area contributed by atoms with Gasteiger partial charge in [0.25, 0.3) is 0 Å². The minimum absolute atomic E-state index is 0.161. The summed E-state index contributed by atoms with van der Waals surface area (Å²) in [7, 11) is 0. The number of nitrogens with zero attached hydrogens (tertiary/aromatic N) is 3. The normalized spacial score (nSPS) is 19.6. The molecular weight excluding hydrogens is 313 g/mol.